The number of nitrogens with zero attached hydrogens (tertiary/aromatic N) is 1. The maximum atomic E-state index is 11.7. The van der Waals surface area contributed by atoms with Gasteiger partial charge >= 0.3 is 5.97 Å². The fourth-order valence-corrected chi connectivity index (χ4v) is 2.21. The number of Topliss-reactive ketones (excluding diaryl/α,β-unsaturated/α-hetero) is 1. The molecule has 16 heavy (non-hydrogen) atoms. The number of carbonyl (C=O) groups excluding carboxylic acids is 2. The average Bonchev–Trinajstić information content (AvgIpc) is 2.84. The zero-order valence-electron chi connectivity index (χ0n) is 9.90. The second-order valence-corrected chi connectivity index (χ2v) is 4.29. The Kier molecular flexibility index (Phi) is 3.18. The van der Waals surface area contributed by atoms with Crippen LogP contribution in [0.15, 0.2) is 11.6 Å². The fraction of sp³-hybridized carbons (Fsp3) is 0.583. The maximum absolute atomic E-state index is 11.7. The molecule has 3 atom stereocenters. The topological polar surface area (TPSA) is 67.2 Å². The molecule has 0 radical (unpaired) electrons. The SMILES string of the molecule is COC(=O)C1(C(C)=O)[C@@H](C#N)[C@@H]1C=C(C)C. The molecule has 1 unspecified atom stereocenters. The van der Waals surface area contributed by atoms with Crippen LogP contribution in [0.2, 0.25) is 0 Å². The summed E-state index contributed by atoms with van der Waals surface area (Å²) in [6.45, 7) is 5.07. The van der Waals surface area contributed by atoms with E-state index in [9.17, 15) is 9.59 Å². The molecule has 1 saturated carbocycles. The van der Waals surface area contributed by atoms with Crippen molar-refractivity contribution in [2.45, 2.75) is 20.8 Å². The van der Waals surface area contributed by atoms with Crippen LogP contribution in [0.4, 0.5) is 0 Å². The smallest absolute Gasteiger partial charge is 0.321 e. The van der Waals surface area contributed by atoms with E-state index in [0.29, 0.717) is 0 Å². The van der Waals surface area contributed by atoms with Crippen molar-refractivity contribution in [1.82, 2.24) is 0 Å². The molecule has 0 aliphatic heterocycles. The van der Waals surface area contributed by atoms with Crippen molar-refractivity contribution in [3.05, 3.63) is 11.6 Å². The van der Waals surface area contributed by atoms with E-state index in [1.54, 1.807) is 6.08 Å². The summed E-state index contributed by atoms with van der Waals surface area (Å²) in [6, 6.07) is 2.02. The first-order valence-corrected chi connectivity index (χ1v) is 5.07. The van der Waals surface area contributed by atoms with Gasteiger partial charge in [0.15, 0.2) is 0 Å². The summed E-state index contributed by atoms with van der Waals surface area (Å²) in [4.78, 5) is 23.3. The number of carbonyl (C=O) groups is 2. The van der Waals surface area contributed by atoms with E-state index < -0.39 is 17.3 Å². The van der Waals surface area contributed by atoms with Gasteiger partial charge in [-0.05, 0) is 20.8 Å². The molecule has 0 aromatic carbocycles. The predicted molar refractivity (Wildman–Crippen MR) is 57.2 cm³/mol. The highest BCUT2D eigenvalue weighted by atomic mass is 16.5. The van der Waals surface area contributed by atoms with E-state index in [2.05, 4.69) is 4.74 Å². The fourth-order valence-electron chi connectivity index (χ4n) is 2.21. The van der Waals surface area contributed by atoms with Crippen LogP contribution >= 0.6 is 0 Å². The zero-order valence-corrected chi connectivity index (χ0v) is 9.90. The van der Waals surface area contributed by atoms with E-state index in [-0.39, 0.29) is 11.7 Å². The van der Waals surface area contributed by atoms with Crippen LogP contribution in [0.25, 0.3) is 0 Å². The van der Waals surface area contributed by atoms with Gasteiger partial charge in [-0.25, -0.2) is 0 Å². The molecule has 0 saturated heterocycles. The second kappa shape index (κ2) is 4.09. The Morgan fingerprint density at radius 3 is 2.25 bits per heavy atom. The molecule has 0 spiro atoms. The molecule has 0 N–H and O–H groups in total. The van der Waals surface area contributed by atoms with E-state index >= 15 is 0 Å². The Morgan fingerprint density at radius 2 is 1.94 bits per heavy atom. The van der Waals surface area contributed by atoms with Gasteiger partial charge in [0.05, 0.1) is 19.1 Å². The van der Waals surface area contributed by atoms with Crippen molar-refractivity contribution in [2.75, 3.05) is 7.11 Å². The highest BCUT2D eigenvalue weighted by Gasteiger charge is 2.73. The molecule has 1 aliphatic carbocycles. The van der Waals surface area contributed by atoms with Crippen LogP contribution in [0.3, 0.4) is 0 Å². The molecule has 86 valence electrons. The summed E-state index contributed by atoms with van der Waals surface area (Å²) < 4.78 is 4.64. The highest BCUT2D eigenvalue weighted by Crippen LogP contribution is 2.60. The van der Waals surface area contributed by atoms with Gasteiger partial charge in [-0.1, -0.05) is 11.6 Å². The lowest BCUT2D eigenvalue weighted by Gasteiger charge is -2.09. The van der Waals surface area contributed by atoms with Crippen LogP contribution in [0.5, 0.6) is 0 Å². The van der Waals surface area contributed by atoms with Crippen molar-refractivity contribution in [2.24, 2.45) is 17.3 Å². The van der Waals surface area contributed by atoms with Crippen molar-refractivity contribution in [1.29, 1.82) is 5.26 Å². The van der Waals surface area contributed by atoms with Crippen molar-refractivity contribution in [3.8, 4) is 6.07 Å². The average molecular weight is 221 g/mol. The first-order valence-electron chi connectivity index (χ1n) is 5.07. The lowest BCUT2D eigenvalue weighted by Crippen LogP contribution is -2.28. The van der Waals surface area contributed by atoms with Crippen LogP contribution < -0.4 is 0 Å². The number of ketones is 1. The van der Waals surface area contributed by atoms with Gasteiger partial charge in [-0.3, -0.25) is 9.59 Å². The minimum absolute atomic E-state index is 0.298. The Bertz CT molecular complexity index is 401. The first-order chi connectivity index (χ1) is 7.42. The minimum Gasteiger partial charge on any atom is -0.468 e. The Labute approximate surface area is 94.9 Å². The normalized spacial score (nSPS) is 31.2. The van der Waals surface area contributed by atoms with Gasteiger partial charge in [-0.15, -0.1) is 0 Å². The number of allylic oxidation sites excluding steroid dienone is 2. The highest BCUT2D eigenvalue weighted by molar-refractivity contribution is 6.08. The van der Waals surface area contributed by atoms with Gasteiger partial charge in [0.25, 0.3) is 0 Å². The molecular formula is C12H15NO3. The van der Waals surface area contributed by atoms with E-state index in [1.807, 2.05) is 19.9 Å². The third-order valence-electron chi connectivity index (χ3n) is 3.02. The van der Waals surface area contributed by atoms with E-state index in [0.717, 1.165) is 5.57 Å². The predicted octanol–water partition coefficient (Wildman–Crippen LogP) is 1.47. The number of ether oxygens (including phenoxy) is 1. The van der Waals surface area contributed by atoms with Gasteiger partial charge in [-0.2, -0.15) is 5.26 Å². The molecule has 0 aromatic heterocycles. The number of nitriles is 1. The molecule has 0 aromatic rings. The minimum atomic E-state index is -1.26. The summed E-state index contributed by atoms with van der Waals surface area (Å²) in [5.74, 6) is -1.83. The van der Waals surface area contributed by atoms with Gasteiger partial charge < -0.3 is 4.74 Å². The number of rotatable bonds is 3. The Hall–Kier alpha value is -1.63. The van der Waals surface area contributed by atoms with Gasteiger partial charge in [0.1, 0.15) is 11.2 Å². The third-order valence-corrected chi connectivity index (χ3v) is 3.02. The lowest BCUT2D eigenvalue weighted by molar-refractivity contribution is -0.151. The molecule has 4 heteroatoms. The quantitative estimate of drug-likeness (QED) is 0.411. The summed E-state index contributed by atoms with van der Waals surface area (Å²) in [6.07, 6.45) is 1.80. The largest absolute Gasteiger partial charge is 0.468 e. The summed E-state index contributed by atoms with van der Waals surface area (Å²) in [5, 5.41) is 8.98. The van der Waals surface area contributed by atoms with Crippen molar-refractivity contribution >= 4 is 11.8 Å². The standard InChI is InChI=1S/C12H15NO3/c1-7(2)5-9-10(6-13)12(9,8(3)14)11(15)16-4/h5,9-10H,1-4H3/t9-,10-,12?/m0/s1. The van der Waals surface area contributed by atoms with Crippen LogP contribution in [0.1, 0.15) is 20.8 Å². The maximum Gasteiger partial charge on any atom is 0.321 e. The van der Waals surface area contributed by atoms with Crippen LogP contribution in [0, 0.1) is 28.6 Å². The third kappa shape index (κ3) is 1.53. The molecule has 0 bridgehead atoms. The van der Waals surface area contributed by atoms with Crippen LogP contribution in [-0.4, -0.2) is 18.9 Å². The van der Waals surface area contributed by atoms with E-state index in [1.165, 1.54) is 14.0 Å². The van der Waals surface area contributed by atoms with Crippen LogP contribution in [-0.2, 0) is 14.3 Å². The second-order valence-electron chi connectivity index (χ2n) is 4.29. The number of hydrogen-bond acceptors (Lipinski definition) is 4. The number of esters is 1. The monoisotopic (exact) mass is 221 g/mol. The molecule has 1 aliphatic rings. The molecule has 0 amide bonds. The first kappa shape index (κ1) is 12.4. The molecule has 4 nitrogen and oxygen atoms in total. The van der Waals surface area contributed by atoms with Gasteiger partial charge in [0, 0.05) is 5.92 Å². The van der Waals surface area contributed by atoms with Gasteiger partial charge in [0.2, 0.25) is 0 Å². The van der Waals surface area contributed by atoms with Crippen molar-refractivity contribution in [3.63, 3.8) is 0 Å². The summed E-state index contributed by atoms with van der Waals surface area (Å²) in [5.41, 5.74) is -0.280. The Morgan fingerprint density at radius 1 is 1.38 bits per heavy atom. The lowest BCUT2D eigenvalue weighted by atomic mass is 9.96. The Balaban J connectivity index is 3.16. The van der Waals surface area contributed by atoms with Crippen molar-refractivity contribution < 1.29 is 14.3 Å². The summed E-state index contributed by atoms with van der Waals surface area (Å²) in [7, 11) is 1.24. The summed E-state index contributed by atoms with van der Waals surface area (Å²) >= 11 is 0. The molecule has 1 rings (SSSR count). The number of hydrogen-bond donors (Lipinski definition) is 0. The zero-order chi connectivity index (χ0) is 12.5. The molecule has 0 heterocycles. The molecule has 1 fully saturated rings. The molecular weight excluding hydrogens is 206 g/mol. The van der Waals surface area contributed by atoms with E-state index in [4.69, 9.17) is 5.26 Å². The number of methoxy groups -OCH3 is 1.